The van der Waals surface area contributed by atoms with Gasteiger partial charge in [0.05, 0.1) is 18.3 Å². The van der Waals surface area contributed by atoms with E-state index in [1.807, 2.05) is 6.92 Å². The predicted octanol–water partition coefficient (Wildman–Crippen LogP) is 0.385. The van der Waals surface area contributed by atoms with E-state index in [0.717, 1.165) is 0 Å². The minimum Gasteiger partial charge on any atom is -0.506 e. The van der Waals surface area contributed by atoms with Crippen LogP contribution in [0, 0.1) is 0 Å². The molecule has 0 aromatic carbocycles. The zero-order valence-corrected chi connectivity index (χ0v) is 10.5. The van der Waals surface area contributed by atoms with Gasteiger partial charge in [0, 0.05) is 19.3 Å². The van der Waals surface area contributed by atoms with Crippen molar-refractivity contribution in [1.82, 2.24) is 15.2 Å². The topological polar surface area (TPSA) is 82.5 Å². The molecule has 0 aliphatic carbocycles. The van der Waals surface area contributed by atoms with Gasteiger partial charge in [-0.15, -0.1) is 0 Å². The van der Waals surface area contributed by atoms with Crippen molar-refractivity contribution in [3.8, 4) is 5.75 Å². The molecule has 0 saturated carbocycles. The van der Waals surface area contributed by atoms with Gasteiger partial charge in [0.1, 0.15) is 5.75 Å². The Bertz CT molecular complexity index is 434. The van der Waals surface area contributed by atoms with Crippen molar-refractivity contribution in [3.63, 3.8) is 0 Å². The second-order valence-electron chi connectivity index (χ2n) is 3.70. The predicted molar refractivity (Wildman–Crippen MR) is 66.2 cm³/mol. The van der Waals surface area contributed by atoms with Crippen LogP contribution in [0.3, 0.4) is 0 Å². The Kier molecular flexibility index (Phi) is 5.10. The molecule has 1 heterocycles. The smallest absolute Gasteiger partial charge is 0.256 e. The number of aromatic nitrogens is 1. The van der Waals surface area contributed by atoms with Crippen LogP contribution in [0.15, 0.2) is 18.5 Å². The van der Waals surface area contributed by atoms with Gasteiger partial charge in [-0.05, 0) is 19.9 Å². The van der Waals surface area contributed by atoms with Gasteiger partial charge in [-0.1, -0.05) is 0 Å². The lowest BCUT2D eigenvalue weighted by Gasteiger charge is -2.20. The molecule has 0 radical (unpaired) electrons. The van der Waals surface area contributed by atoms with Gasteiger partial charge in [-0.3, -0.25) is 14.6 Å². The highest BCUT2D eigenvalue weighted by Crippen LogP contribution is 2.10. The number of nitrogens with zero attached hydrogens (tertiary/aromatic N) is 2. The lowest BCUT2D eigenvalue weighted by atomic mass is 10.2. The average Bonchev–Trinajstić information content (AvgIpc) is 2.35. The number of aromatic hydroxyl groups is 1. The van der Waals surface area contributed by atoms with Crippen molar-refractivity contribution >= 4 is 11.8 Å². The Morgan fingerprint density at radius 2 is 2.11 bits per heavy atom. The second-order valence-corrected chi connectivity index (χ2v) is 3.70. The molecular weight excluding hydrogens is 234 g/mol. The third-order valence-electron chi connectivity index (χ3n) is 2.35. The largest absolute Gasteiger partial charge is 0.506 e. The van der Waals surface area contributed by atoms with E-state index in [0.29, 0.717) is 13.1 Å². The third-order valence-corrected chi connectivity index (χ3v) is 2.35. The summed E-state index contributed by atoms with van der Waals surface area (Å²) in [6, 6.07) is 1.33. The summed E-state index contributed by atoms with van der Waals surface area (Å²) in [4.78, 5) is 28.6. The summed E-state index contributed by atoms with van der Waals surface area (Å²) in [7, 11) is 0. The summed E-state index contributed by atoms with van der Waals surface area (Å²) < 4.78 is 0. The third kappa shape index (κ3) is 3.73. The zero-order valence-electron chi connectivity index (χ0n) is 10.5. The van der Waals surface area contributed by atoms with E-state index in [1.54, 1.807) is 6.92 Å². The van der Waals surface area contributed by atoms with Crippen LogP contribution in [0.5, 0.6) is 5.75 Å². The number of likely N-dealkylation sites (N-methyl/N-ethyl adjacent to an activating group) is 2. The van der Waals surface area contributed by atoms with Gasteiger partial charge in [-0.2, -0.15) is 0 Å². The molecule has 1 aromatic heterocycles. The summed E-state index contributed by atoms with van der Waals surface area (Å²) in [5.41, 5.74) is 0.265. The molecule has 1 rings (SSSR count). The molecule has 98 valence electrons. The number of carbonyl (C=O) groups excluding carboxylic acids is 2. The van der Waals surface area contributed by atoms with Crippen LogP contribution in [0.25, 0.3) is 0 Å². The standard InChI is InChI=1S/C12H17N3O3/c1-3-14-11(17)8-15(4-2)12(18)9-5-10(16)7-13-6-9/h5-7,16H,3-4,8H2,1-2H3,(H,14,17). The molecule has 0 saturated heterocycles. The highest BCUT2D eigenvalue weighted by molar-refractivity contribution is 5.96. The van der Waals surface area contributed by atoms with Crippen molar-refractivity contribution in [1.29, 1.82) is 0 Å². The fourth-order valence-electron chi connectivity index (χ4n) is 1.48. The van der Waals surface area contributed by atoms with Gasteiger partial charge in [0.25, 0.3) is 5.91 Å². The molecule has 0 aliphatic rings. The van der Waals surface area contributed by atoms with Gasteiger partial charge in [0.2, 0.25) is 5.91 Å². The summed E-state index contributed by atoms with van der Waals surface area (Å²) in [6.07, 6.45) is 2.61. The number of nitrogens with one attached hydrogen (secondary N) is 1. The van der Waals surface area contributed by atoms with Crippen molar-refractivity contribution in [2.45, 2.75) is 13.8 Å². The minimum atomic E-state index is -0.327. The van der Waals surface area contributed by atoms with Gasteiger partial charge < -0.3 is 15.3 Å². The first-order valence-corrected chi connectivity index (χ1v) is 5.78. The van der Waals surface area contributed by atoms with E-state index < -0.39 is 0 Å². The average molecular weight is 251 g/mol. The van der Waals surface area contributed by atoms with Crippen LogP contribution >= 0.6 is 0 Å². The van der Waals surface area contributed by atoms with Crippen molar-refractivity contribution in [3.05, 3.63) is 24.0 Å². The first kappa shape index (κ1) is 14.0. The molecule has 0 fully saturated rings. The SMILES string of the molecule is CCNC(=O)CN(CC)C(=O)c1cncc(O)c1. The van der Waals surface area contributed by atoms with E-state index >= 15 is 0 Å². The molecular formula is C12H17N3O3. The molecule has 6 nitrogen and oxygen atoms in total. The van der Waals surface area contributed by atoms with Crippen molar-refractivity contribution < 1.29 is 14.7 Å². The van der Waals surface area contributed by atoms with Gasteiger partial charge in [-0.25, -0.2) is 0 Å². The first-order chi connectivity index (χ1) is 8.58. The van der Waals surface area contributed by atoms with E-state index in [1.165, 1.54) is 23.4 Å². The van der Waals surface area contributed by atoms with E-state index in [9.17, 15) is 14.7 Å². The minimum absolute atomic E-state index is 0.00116. The fraction of sp³-hybridized carbons (Fsp3) is 0.417. The summed E-state index contributed by atoms with van der Waals surface area (Å²) in [5, 5.41) is 11.9. The maximum absolute atomic E-state index is 12.1. The van der Waals surface area contributed by atoms with E-state index in [4.69, 9.17) is 0 Å². The van der Waals surface area contributed by atoms with Crippen molar-refractivity contribution in [2.75, 3.05) is 19.6 Å². The maximum atomic E-state index is 12.1. The van der Waals surface area contributed by atoms with Gasteiger partial charge >= 0.3 is 0 Å². The molecule has 1 aromatic rings. The second kappa shape index (κ2) is 6.58. The number of carbonyl (C=O) groups is 2. The van der Waals surface area contributed by atoms with E-state index in [2.05, 4.69) is 10.3 Å². The summed E-state index contributed by atoms with van der Waals surface area (Å²) in [6.45, 7) is 4.53. The summed E-state index contributed by atoms with van der Waals surface area (Å²) in [5.74, 6) is -0.608. The van der Waals surface area contributed by atoms with Crippen LogP contribution in [-0.2, 0) is 4.79 Å². The molecule has 0 unspecified atom stereocenters. The number of hydrogen-bond acceptors (Lipinski definition) is 4. The summed E-state index contributed by atoms with van der Waals surface area (Å²) >= 11 is 0. The number of pyridine rings is 1. The van der Waals surface area contributed by atoms with Crippen LogP contribution in [0.1, 0.15) is 24.2 Å². The lowest BCUT2D eigenvalue weighted by Crippen LogP contribution is -2.40. The molecule has 2 N–H and O–H groups in total. The maximum Gasteiger partial charge on any atom is 0.256 e. The van der Waals surface area contributed by atoms with E-state index in [-0.39, 0.29) is 29.7 Å². The number of rotatable bonds is 5. The number of hydrogen-bond donors (Lipinski definition) is 2. The normalized spacial score (nSPS) is 9.89. The number of amides is 2. The monoisotopic (exact) mass is 251 g/mol. The quantitative estimate of drug-likeness (QED) is 0.792. The van der Waals surface area contributed by atoms with Crippen molar-refractivity contribution in [2.24, 2.45) is 0 Å². The van der Waals surface area contributed by atoms with Crippen LogP contribution in [-0.4, -0.2) is 46.4 Å². The van der Waals surface area contributed by atoms with Crippen LogP contribution in [0.2, 0.25) is 0 Å². The molecule has 0 aliphatic heterocycles. The zero-order chi connectivity index (χ0) is 13.5. The Morgan fingerprint density at radius 3 is 2.67 bits per heavy atom. The molecule has 6 heteroatoms. The molecule has 0 spiro atoms. The van der Waals surface area contributed by atoms with Crippen LogP contribution < -0.4 is 5.32 Å². The lowest BCUT2D eigenvalue weighted by molar-refractivity contribution is -0.121. The molecule has 0 bridgehead atoms. The van der Waals surface area contributed by atoms with Crippen LogP contribution in [0.4, 0.5) is 0 Å². The molecule has 18 heavy (non-hydrogen) atoms. The van der Waals surface area contributed by atoms with Gasteiger partial charge in [0.15, 0.2) is 0 Å². The Morgan fingerprint density at radius 1 is 1.39 bits per heavy atom. The Hall–Kier alpha value is -2.11. The first-order valence-electron chi connectivity index (χ1n) is 5.78. The molecule has 0 atom stereocenters. The molecule has 2 amide bonds. The Labute approximate surface area is 106 Å². The fourth-order valence-corrected chi connectivity index (χ4v) is 1.48. The highest BCUT2D eigenvalue weighted by Gasteiger charge is 2.17. The highest BCUT2D eigenvalue weighted by atomic mass is 16.3. The Balaban J connectivity index is 2.76.